The van der Waals surface area contributed by atoms with Crippen LogP contribution in [0.1, 0.15) is 36.0 Å². The van der Waals surface area contributed by atoms with Gasteiger partial charge in [0.15, 0.2) is 0 Å². The molecule has 0 amide bonds. The lowest BCUT2D eigenvalue weighted by atomic mass is 9.99. The molecule has 0 unspecified atom stereocenters. The number of sulfonamides is 1. The van der Waals surface area contributed by atoms with E-state index in [0.717, 1.165) is 71.5 Å². The van der Waals surface area contributed by atoms with E-state index < -0.39 is 15.9 Å². The number of nitrogens with one attached hydrogen (secondary N) is 1. The molecule has 6 rings (SSSR count). The number of fused-ring (bicyclic) bond motifs is 2. The van der Waals surface area contributed by atoms with E-state index >= 15 is 0 Å². The molecule has 4 heterocycles. The van der Waals surface area contributed by atoms with Gasteiger partial charge in [0.05, 0.1) is 17.0 Å². The van der Waals surface area contributed by atoms with Gasteiger partial charge in [-0.05, 0) is 80.2 Å². The molecule has 0 spiro atoms. The molecule has 0 radical (unpaired) electrons. The first kappa shape index (κ1) is 26.3. The lowest BCUT2D eigenvalue weighted by Crippen LogP contribution is -2.43. The van der Waals surface area contributed by atoms with Crippen LogP contribution in [0.25, 0.3) is 10.9 Å². The normalized spacial score (nSPS) is 20.1. The van der Waals surface area contributed by atoms with Gasteiger partial charge < -0.3 is 15.1 Å². The minimum Gasteiger partial charge on any atom is -0.365 e. The Morgan fingerprint density at radius 1 is 1.05 bits per heavy atom. The highest BCUT2D eigenvalue weighted by Crippen LogP contribution is 2.36. The summed E-state index contributed by atoms with van der Waals surface area (Å²) in [6.45, 7) is 4.81. The average Bonchev–Trinajstić information content (AvgIpc) is 3.31. The van der Waals surface area contributed by atoms with Gasteiger partial charge in [-0.15, -0.1) is 0 Å². The van der Waals surface area contributed by atoms with Gasteiger partial charge in [-0.3, -0.25) is 0 Å². The molecular weight excluding hydrogens is 522 g/mol. The monoisotopic (exact) mass is 556 g/mol. The van der Waals surface area contributed by atoms with Crippen molar-refractivity contribution in [1.29, 1.82) is 0 Å². The number of anilines is 2. The molecule has 0 saturated carbocycles. The zero-order valence-electron chi connectivity index (χ0n) is 22.3. The fourth-order valence-electron chi connectivity index (χ4n) is 6.11. The van der Waals surface area contributed by atoms with Crippen molar-refractivity contribution in [2.45, 2.75) is 56.0 Å². The van der Waals surface area contributed by atoms with E-state index in [9.17, 15) is 17.2 Å². The SMILES string of the molecule is Cc1cc(N2CCC(F)(F)C2)cc2c(N3CCc4ccc(S(=O)(=O)N(C)C5CCNCC5)cc4C3)ncnc12. The summed E-state index contributed by atoms with van der Waals surface area (Å²) in [4.78, 5) is 13.3. The Bertz CT molecular complexity index is 1510. The minimum absolute atomic E-state index is 0.0100. The van der Waals surface area contributed by atoms with E-state index in [1.165, 1.54) is 4.31 Å². The summed E-state index contributed by atoms with van der Waals surface area (Å²) in [7, 11) is -1.94. The summed E-state index contributed by atoms with van der Waals surface area (Å²) in [6, 6.07) is 9.29. The molecule has 1 aromatic heterocycles. The van der Waals surface area contributed by atoms with E-state index in [-0.39, 0.29) is 19.0 Å². The third-order valence-electron chi connectivity index (χ3n) is 8.42. The zero-order valence-corrected chi connectivity index (χ0v) is 23.1. The summed E-state index contributed by atoms with van der Waals surface area (Å²) in [5.41, 5.74) is 4.54. The van der Waals surface area contributed by atoms with E-state index in [1.54, 1.807) is 30.4 Å². The number of hydrogen-bond donors (Lipinski definition) is 1. The Balaban J connectivity index is 1.31. The van der Waals surface area contributed by atoms with Crippen LogP contribution in [0.5, 0.6) is 0 Å². The highest BCUT2D eigenvalue weighted by molar-refractivity contribution is 7.89. The lowest BCUT2D eigenvalue weighted by Gasteiger charge is -2.33. The first-order valence-corrected chi connectivity index (χ1v) is 15.0. The molecular formula is C28H34F2N6O2S. The Hall–Kier alpha value is -2.89. The largest absolute Gasteiger partial charge is 0.365 e. The van der Waals surface area contributed by atoms with Gasteiger partial charge in [0, 0.05) is 50.2 Å². The van der Waals surface area contributed by atoms with Crippen LogP contribution in [0.2, 0.25) is 0 Å². The highest BCUT2D eigenvalue weighted by Gasteiger charge is 2.38. The van der Waals surface area contributed by atoms with Crippen LogP contribution in [0.15, 0.2) is 41.6 Å². The molecule has 39 heavy (non-hydrogen) atoms. The molecule has 0 atom stereocenters. The second-order valence-corrected chi connectivity index (χ2v) is 13.0. The van der Waals surface area contributed by atoms with Gasteiger partial charge in [0.25, 0.3) is 5.92 Å². The van der Waals surface area contributed by atoms with E-state index in [1.807, 2.05) is 25.1 Å². The van der Waals surface area contributed by atoms with Crippen LogP contribution in [0.4, 0.5) is 20.3 Å². The quantitative estimate of drug-likeness (QED) is 0.513. The summed E-state index contributed by atoms with van der Waals surface area (Å²) < 4.78 is 56.4. The second kappa shape index (κ2) is 9.94. The van der Waals surface area contributed by atoms with E-state index in [2.05, 4.69) is 20.2 Å². The van der Waals surface area contributed by atoms with Crippen molar-refractivity contribution in [3.05, 3.63) is 53.3 Å². The Morgan fingerprint density at radius 3 is 2.59 bits per heavy atom. The van der Waals surface area contributed by atoms with Crippen molar-refractivity contribution in [3.63, 3.8) is 0 Å². The van der Waals surface area contributed by atoms with E-state index in [4.69, 9.17) is 0 Å². The van der Waals surface area contributed by atoms with Crippen molar-refractivity contribution >= 4 is 32.4 Å². The maximum Gasteiger partial charge on any atom is 0.266 e. The highest BCUT2D eigenvalue weighted by atomic mass is 32.2. The number of aryl methyl sites for hydroxylation is 1. The van der Waals surface area contributed by atoms with Gasteiger partial charge in [0.1, 0.15) is 12.1 Å². The average molecular weight is 557 g/mol. The molecule has 1 N–H and O–H groups in total. The minimum atomic E-state index is -3.62. The van der Waals surface area contributed by atoms with Gasteiger partial charge in [-0.1, -0.05) is 6.07 Å². The van der Waals surface area contributed by atoms with Gasteiger partial charge in [-0.25, -0.2) is 27.2 Å². The maximum absolute atomic E-state index is 14.0. The van der Waals surface area contributed by atoms with Crippen LogP contribution in [-0.4, -0.2) is 74.4 Å². The number of rotatable bonds is 5. The zero-order chi connectivity index (χ0) is 27.4. The number of alkyl halides is 2. The molecule has 3 aromatic rings. The molecule has 3 aliphatic heterocycles. The number of nitrogens with zero attached hydrogens (tertiary/aromatic N) is 5. The molecule has 208 valence electrons. The molecule has 2 fully saturated rings. The number of hydrogen-bond acceptors (Lipinski definition) is 7. The summed E-state index contributed by atoms with van der Waals surface area (Å²) >= 11 is 0. The third-order valence-corrected chi connectivity index (χ3v) is 10.3. The number of aromatic nitrogens is 2. The van der Waals surface area contributed by atoms with E-state index in [0.29, 0.717) is 24.5 Å². The topological polar surface area (TPSA) is 81.7 Å². The van der Waals surface area contributed by atoms with Crippen LogP contribution in [0.3, 0.4) is 0 Å². The van der Waals surface area contributed by atoms with Crippen LogP contribution in [0, 0.1) is 6.92 Å². The molecule has 3 aliphatic rings. The predicted octanol–water partition coefficient (Wildman–Crippen LogP) is 3.72. The standard InChI is InChI=1S/C28H34F2N6O2S/c1-19-13-23(36-12-8-28(29,30)17-36)15-25-26(19)32-18-33-27(25)35-11-7-20-3-4-24(14-21(20)16-35)39(37,38)34(2)22-5-9-31-10-6-22/h3-4,13-15,18,22,31H,5-12,16-17H2,1-2H3. The fourth-order valence-corrected chi connectivity index (χ4v) is 7.58. The molecule has 2 saturated heterocycles. The number of halogens is 2. The van der Waals surface area contributed by atoms with Crippen molar-refractivity contribution in [3.8, 4) is 0 Å². The lowest BCUT2D eigenvalue weighted by molar-refractivity contribution is 0.0257. The summed E-state index contributed by atoms with van der Waals surface area (Å²) in [5, 5.41) is 4.11. The Labute approximate surface area is 228 Å². The van der Waals surface area contributed by atoms with Gasteiger partial charge in [-0.2, -0.15) is 4.31 Å². The van der Waals surface area contributed by atoms with Crippen LogP contribution < -0.4 is 15.1 Å². The van der Waals surface area contributed by atoms with Crippen molar-refractivity contribution in [1.82, 2.24) is 19.6 Å². The van der Waals surface area contributed by atoms with Gasteiger partial charge >= 0.3 is 0 Å². The smallest absolute Gasteiger partial charge is 0.266 e. The second-order valence-electron chi connectivity index (χ2n) is 11.0. The molecule has 2 aromatic carbocycles. The van der Waals surface area contributed by atoms with Crippen molar-refractivity contribution < 1.29 is 17.2 Å². The summed E-state index contributed by atoms with van der Waals surface area (Å²) in [5.74, 6) is -1.95. The Morgan fingerprint density at radius 2 is 1.85 bits per heavy atom. The van der Waals surface area contributed by atoms with Crippen LogP contribution >= 0.6 is 0 Å². The fraction of sp³-hybridized carbons (Fsp3) is 0.500. The Kier molecular flexibility index (Phi) is 6.71. The van der Waals surface area contributed by atoms with Crippen molar-refractivity contribution in [2.75, 3.05) is 49.6 Å². The molecule has 11 heteroatoms. The first-order valence-electron chi connectivity index (χ1n) is 13.6. The molecule has 0 bridgehead atoms. The third kappa shape index (κ3) is 4.96. The first-order chi connectivity index (χ1) is 18.6. The van der Waals surface area contributed by atoms with Crippen LogP contribution in [-0.2, 0) is 23.0 Å². The molecule has 8 nitrogen and oxygen atoms in total. The molecule has 0 aliphatic carbocycles. The maximum atomic E-state index is 14.0. The number of benzene rings is 2. The predicted molar refractivity (Wildman–Crippen MR) is 148 cm³/mol. The van der Waals surface area contributed by atoms with Gasteiger partial charge in [0.2, 0.25) is 10.0 Å². The summed E-state index contributed by atoms with van der Waals surface area (Å²) in [6.07, 6.45) is 3.74. The number of piperidine rings is 1. The van der Waals surface area contributed by atoms with Crippen molar-refractivity contribution in [2.24, 2.45) is 0 Å².